The van der Waals surface area contributed by atoms with Crippen molar-refractivity contribution < 1.29 is 73.8 Å². The number of hydrogen-bond acceptors (Lipinski definition) is 9. The summed E-state index contributed by atoms with van der Waals surface area (Å²) in [6.07, 6.45) is 0. The van der Waals surface area contributed by atoms with Gasteiger partial charge >= 0.3 is 37.2 Å². The van der Waals surface area contributed by atoms with E-state index < -0.39 is 13.0 Å². The van der Waals surface area contributed by atoms with Crippen LogP contribution in [0.25, 0.3) is 0 Å². The molecule has 9 nitrogen and oxygen atoms in total. The monoisotopic (exact) mass is 930 g/mol. The number of phenolic OH excluding ortho intramolecular Hbond substituents is 5. The maximum atomic E-state index is 12.1. The molecular formula is C56H60NaO9P. The molecule has 0 atom stereocenters. The van der Waals surface area contributed by atoms with Crippen LogP contribution in [0.3, 0.4) is 0 Å². The molecule has 8 aromatic carbocycles. The first kappa shape index (κ1) is 56.5. The normalized spacial score (nSPS) is 10.4. The largest absolute Gasteiger partial charge is 1.00 e. The first-order valence-electron chi connectivity index (χ1n) is 20.3. The molecule has 0 aliphatic heterocycles. The van der Waals surface area contributed by atoms with Crippen LogP contribution in [0.1, 0.15) is 63.4 Å². The van der Waals surface area contributed by atoms with Crippen molar-refractivity contribution >= 4 is 7.60 Å². The Morgan fingerprint density at radius 1 is 0.388 bits per heavy atom. The molecule has 0 fully saturated rings. The van der Waals surface area contributed by atoms with Gasteiger partial charge in [0.05, 0.1) is 6.66 Å². The summed E-state index contributed by atoms with van der Waals surface area (Å²) in [5.41, 5.74) is 4.64. The van der Waals surface area contributed by atoms with Crippen LogP contribution in [-0.2, 0) is 15.4 Å². The molecule has 0 bridgehead atoms. The second kappa shape index (κ2) is 26.5. The summed E-state index contributed by atoms with van der Waals surface area (Å²) in [7, 11) is -3.14. The number of aromatic hydroxyl groups is 5. The molecule has 0 aromatic heterocycles. The van der Waals surface area contributed by atoms with Gasteiger partial charge in [0.1, 0.15) is 40.2 Å². The van der Waals surface area contributed by atoms with Crippen molar-refractivity contribution in [2.75, 3.05) is 6.66 Å². The molecule has 0 aliphatic rings. The van der Waals surface area contributed by atoms with Crippen LogP contribution in [0, 0.1) is 0 Å². The van der Waals surface area contributed by atoms with Gasteiger partial charge in [-0.25, -0.2) is 4.57 Å². The van der Waals surface area contributed by atoms with Crippen LogP contribution in [0.5, 0.6) is 46.0 Å². The van der Waals surface area contributed by atoms with E-state index in [9.17, 15) is 35.2 Å². The van der Waals surface area contributed by atoms with E-state index in [0.717, 1.165) is 27.8 Å². The van der Waals surface area contributed by atoms with Gasteiger partial charge in [0.15, 0.2) is 0 Å². The van der Waals surface area contributed by atoms with Gasteiger partial charge < -0.3 is 39.7 Å². The standard InChI is InChI=1S/C20H18O3.C15H16O2.C13H13O3P.C6H6O.2CH4.Na/c1-20(14-2-8-17(21)9-3-14,15-4-10-18(22)11-5-15)16-6-12-19(23)13-7-16;1-15(2,11-3-7-13(16)8-4-11)12-5-9-14(17)10-6-12;1-17(14,15-12-8-4-2-5-9-12)16-13-10-6-3-7-11-13;7-6-4-2-1-3-5-6;;;/h2-13,21-23H,1H3;3-10,16-17H,1-2H3;2-11H,1H3;1-5,7H;2*1H4;/q;;;;;;+1/p-1. The Hall–Kier alpha value is -6.61. The molecule has 0 saturated heterocycles. The maximum Gasteiger partial charge on any atom is 1.00 e. The van der Waals surface area contributed by atoms with E-state index in [1.54, 1.807) is 97.1 Å². The minimum absolute atomic E-state index is 0. The molecule has 5 N–H and O–H groups in total. The molecule has 0 heterocycles. The minimum atomic E-state index is -3.14. The Morgan fingerprint density at radius 3 is 0.836 bits per heavy atom. The summed E-state index contributed by atoms with van der Waals surface area (Å²) >= 11 is 0. The average Bonchev–Trinajstić information content (AvgIpc) is 3.28. The van der Waals surface area contributed by atoms with Crippen molar-refractivity contribution in [3.05, 3.63) is 240 Å². The fourth-order valence-corrected chi connectivity index (χ4v) is 7.64. The molecule has 0 unspecified atom stereocenters. The van der Waals surface area contributed by atoms with Crippen LogP contribution in [-0.4, -0.2) is 32.2 Å². The average molecular weight is 931 g/mol. The van der Waals surface area contributed by atoms with Crippen LogP contribution < -0.4 is 43.7 Å². The van der Waals surface area contributed by atoms with E-state index in [1.807, 2.05) is 103 Å². The van der Waals surface area contributed by atoms with E-state index in [4.69, 9.17) is 9.05 Å². The number of hydrogen-bond donors (Lipinski definition) is 5. The van der Waals surface area contributed by atoms with Crippen molar-refractivity contribution in [1.82, 2.24) is 0 Å². The van der Waals surface area contributed by atoms with Crippen molar-refractivity contribution in [2.24, 2.45) is 0 Å². The molecule has 8 rings (SSSR count). The topological polar surface area (TPSA) is 160 Å². The Morgan fingerprint density at radius 2 is 0.612 bits per heavy atom. The van der Waals surface area contributed by atoms with Crippen molar-refractivity contribution in [3.63, 3.8) is 0 Å². The van der Waals surface area contributed by atoms with Gasteiger partial charge in [0, 0.05) is 10.8 Å². The van der Waals surface area contributed by atoms with Crippen molar-refractivity contribution in [2.45, 2.75) is 46.5 Å². The Labute approximate surface area is 418 Å². The van der Waals surface area contributed by atoms with Crippen LogP contribution in [0.15, 0.2) is 212 Å². The Kier molecular flexibility index (Phi) is 22.4. The molecule has 8 aromatic rings. The molecule has 11 heteroatoms. The summed E-state index contributed by atoms with van der Waals surface area (Å²) < 4.78 is 22.8. The van der Waals surface area contributed by atoms with E-state index in [-0.39, 0.29) is 84.3 Å². The number of benzene rings is 8. The van der Waals surface area contributed by atoms with Crippen molar-refractivity contribution in [1.29, 1.82) is 0 Å². The summed E-state index contributed by atoms with van der Waals surface area (Å²) in [6.45, 7) is 7.77. The number of rotatable bonds is 9. The summed E-state index contributed by atoms with van der Waals surface area (Å²) in [5, 5.41) is 57.6. The summed E-state index contributed by atoms with van der Waals surface area (Å²) in [4.78, 5) is 0. The predicted molar refractivity (Wildman–Crippen MR) is 265 cm³/mol. The van der Waals surface area contributed by atoms with Crippen LogP contribution in [0.4, 0.5) is 0 Å². The zero-order chi connectivity index (χ0) is 46.2. The number of phenols is 5. The zero-order valence-electron chi connectivity index (χ0n) is 37.0. The van der Waals surface area contributed by atoms with Gasteiger partial charge in [-0.05, 0) is 120 Å². The molecule has 0 amide bonds. The molecule has 344 valence electrons. The zero-order valence-corrected chi connectivity index (χ0v) is 39.9. The van der Waals surface area contributed by atoms with E-state index in [1.165, 1.54) is 18.8 Å². The van der Waals surface area contributed by atoms with Gasteiger partial charge in [-0.2, -0.15) is 0 Å². The SMILES string of the molecule is C.C.CC(C)(c1ccc(O)cc1)c1ccc(O)cc1.CC(c1ccc(O)cc1)(c1ccc(O)cc1)c1ccc(O)cc1.CP(=O)(Oc1ccccc1)Oc1ccccc1.[Na+].[O-]c1ccccc1. The first-order valence-corrected chi connectivity index (χ1v) is 22.3. The second-order valence-corrected chi connectivity index (χ2v) is 17.3. The van der Waals surface area contributed by atoms with Crippen LogP contribution >= 0.6 is 7.60 Å². The summed E-state index contributed by atoms with van der Waals surface area (Å²) in [5.74, 6) is 2.34. The molecule has 67 heavy (non-hydrogen) atoms. The predicted octanol–water partition coefficient (Wildman–Crippen LogP) is 10.6. The van der Waals surface area contributed by atoms with Gasteiger partial charge in [-0.1, -0.05) is 156 Å². The molecule has 0 saturated carbocycles. The van der Waals surface area contributed by atoms with E-state index >= 15 is 0 Å². The third kappa shape index (κ3) is 17.0. The third-order valence-corrected chi connectivity index (χ3v) is 11.4. The maximum absolute atomic E-state index is 12.1. The van der Waals surface area contributed by atoms with Crippen LogP contribution in [0.2, 0.25) is 0 Å². The first-order chi connectivity index (χ1) is 30.5. The Balaban J connectivity index is 0.000000318. The fraction of sp³-hybridized carbons (Fsp3) is 0.143. The second-order valence-electron chi connectivity index (χ2n) is 15.4. The molecule has 0 aliphatic carbocycles. The molecule has 0 radical (unpaired) electrons. The molecule has 0 spiro atoms. The smallest absolute Gasteiger partial charge is 0.872 e. The third-order valence-electron chi connectivity index (χ3n) is 10.3. The van der Waals surface area contributed by atoms with E-state index in [2.05, 4.69) is 20.8 Å². The van der Waals surface area contributed by atoms with Crippen molar-refractivity contribution in [3.8, 4) is 46.0 Å². The minimum Gasteiger partial charge on any atom is -0.872 e. The van der Waals surface area contributed by atoms with Gasteiger partial charge in [-0.15, -0.1) is 5.75 Å². The summed E-state index contributed by atoms with van der Waals surface area (Å²) in [6, 6.07) is 62.0. The quantitative estimate of drug-likeness (QED) is 0.0539. The molecular weight excluding hydrogens is 871 g/mol. The van der Waals surface area contributed by atoms with Gasteiger partial charge in [0.25, 0.3) is 0 Å². The Bertz CT molecular complexity index is 2440. The van der Waals surface area contributed by atoms with Gasteiger partial charge in [0.2, 0.25) is 0 Å². The fourth-order valence-electron chi connectivity index (χ4n) is 6.59. The number of para-hydroxylation sites is 3. The van der Waals surface area contributed by atoms with E-state index in [0.29, 0.717) is 11.5 Å². The van der Waals surface area contributed by atoms with Gasteiger partial charge in [-0.3, -0.25) is 0 Å².